The summed E-state index contributed by atoms with van der Waals surface area (Å²) in [6.45, 7) is 4.66. The highest BCUT2D eigenvalue weighted by Gasteiger charge is 2.31. The Morgan fingerprint density at radius 3 is 2.95 bits per heavy atom. The van der Waals surface area contributed by atoms with Gasteiger partial charge in [-0.2, -0.15) is 0 Å². The third kappa shape index (κ3) is 3.52. The Labute approximate surface area is 133 Å². The molecular formula is C15H20N4O2S. The fraction of sp³-hybridized carbons (Fsp3) is 0.533. The number of nitrogens with one attached hydrogen (secondary N) is 1. The second-order valence-corrected chi connectivity index (χ2v) is 6.67. The number of furan rings is 1. The van der Waals surface area contributed by atoms with Gasteiger partial charge >= 0.3 is 0 Å². The van der Waals surface area contributed by atoms with Crippen molar-refractivity contribution < 1.29 is 9.21 Å². The Kier molecular flexibility index (Phi) is 4.52. The van der Waals surface area contributed by atoms with Crippen LogP contribution in [-0.2, 0) is 11.3 Å². The SMILES string of the molecule is CC(C)n1c(SCC(=O)NCc2ccco2)nnc1C1CC1. The molecule has 2 heterocycles. The lowest BCUT2D eigenvalue weighted by Gasteiger charge is -2.13. The van der Waals surface area contributed by atoms with Gasteiger partial charge in [-0.05, 0) is 38.8 Å². The molecule has 0 aliphatic heterocycles. The molecule has 0 unspecified atom stereocenters. The Bertz CT molecular complexity index is 632. The zero-order valence-electron chi connectivity index (χ0n) is 12.8. The summed E-state index contributed by atoms with van der Waals surface area (Å²) in [5.74, 6) is 2.66. The van der Waals surface area contributed by atoms with E-state index in [-0.39, 0.29) is 5.91 Å². The average molecular weight is 320 g/mol. The van der Waals surface area contributed by atoms with E-state index in [0.29, 0.717) is 24.3 Å². The van der Waals surface area contributed by atoms with Crippen LogP contribution in [0, 0.1) is 0 Å². The second-order valence-electron chi connectivity index (χ2n) is 5.72. The van der Waals surface area contributed by atoms with Gasteiger partial charge in [0.05, 0.1) is 18.6 Å². The Balaban J connectivity index is 1.55. The fourth-order valence-electron chi connectivity index (χ4n) is 2.27. The van der Waals surface area contributed by atoms with Crippen molar-refractivity contribution >= 4 is 17.7 Å². The molecule has 0 atom stereocenters. The lowest BCUT2D eigenvalue weighted by molar-refractivity contribution is -0.118. The lowest BCUT2D eigenvalue weighted by Crippen LogP contribution is -2.24. The molecular weight excluding hydrogens is 300 g/mol. The molecule has 1 fully saturated rings. The van der Waals surface area contributed by atoms with Gasteiger partial charge in [-0.15, -0.1) is 10.2 Å². The van der Waals surface area contributed by atoms with Crippen LogP contribution in [0.1, 0.15) is 50.2 Å². The number of carbonyl (C=O) groups is 1. The topological polar surface area (TPSA) is 73.0 Å². The smallest absolute Gasteiger partial charge is 0.230 e. The van der Waals surface area contributed by atoms with Crippen LogP contribution >= 0.6 is 11.8 Å². The quantitative estimate of drug-likeness (QED) is 0.794. The molecule has 1 saturated carbocycles. The number of nitrogens with zero attached hydrogens (tertiary/aromatic N) is 3. The highest BCUT2D eigenvalue weighted by atomic mass is 32.2. The summed E-state index contributed by atoms with van der Waals surface area (Å²) in [5, 5.41) is 12.2. The van der Waals surface area contributed by atoms with Crippen LogP contribution in [0.4, 0.5) is 0 Å². The van der Waals surface area contributed by atoms with E-state index in [0.717, 1.165) is 16.7 Å². The maximum absolute atomic E-state index is 11.9. The molecule has 7 heteroatoms. The summed E-state index contributed by atoms with van der Waals surface area (Å²) in [6, 6.07) is 3.95. The van der Waals surface area contributed by atoms with Crippen LogP contribution < -0.4 is 5.32 Å². The molecule has 0 spiro atoms. The largest absolute Gasteiger partial charge is 0.467 e. The van der Waals surface area contributed by atoms with Gasteiger partial charge in [0.15, 0.2) is 5.16 Å². The third-order valence-electron chi connectivity index (χ3n) is 3.52. The Morgan fingerprint density at radius 1 is 1.50 bits per heavy atom. The minimum absolute atomic E-state index is 0.0346. The summed E-state index contributed by atoms with van der Waals surface area (Å²) in [5.41, 5.74) is 0. The van der Waals surface area contributed by atoms with E-state index in [1.807, 2.05) is 6.07 Å². The summed E-state index contributed by atoms with van der Waals surface area (Å²) in [4.78, 5) is 11.9. The van der Waals surface area contributed by atoms with Crippen molar-refractivity contribution in [2.75, 3.05) is 5.75 Å². The van der Waals surface area contributed by atoms with Crippen LogP contribution in [0.5, 0.6) is 0 Å². The first-order chi connectivity index (χ1) is 10.6. The van der Waals surface area contributed by atoms with Crippen molar-refractivity contribution in [3.63, 3.8) is 0 Å². The number of amides is 1. The number of thioether (sulfide) groups is 1. The molecule has 0 radical (unpaired) electrons. The monoisotopic (exact) mass is 320 g/mol. The molecule has 2 aromatic rings. The lowest BCUT2D eigenvalue weighted by atomic mass is 10.3. The van der Waals surface area contributed by atoms with E-state index in [1.54, 1.807) is 12.3 Å². The van der Waals surface area contributed by atoms with E-state index in [9.17, 15) is 4.79 Å². The molecule has 0 saturated heterocycles. The third-order valence-corrected chi connectivity index (χ3v) is 4.47. The van der Waals surface area contributed by atoms with Gasteiger partial charge in [0.2, 0.25) is 5.91 Å². The van der Waals surface area contributed by atoms with E-state index in [4.69, 9.17) is 4.42 Å². The predicted molar refractivity (Wildman–Crippen MR) is 83.7 cm³/mol. The Morgan fingerprint density at radius 2 is 2.32 bits per heavy atom. The Hall–Kier alpha value is -1.76. The zero-order chi connectivity index (χ0) is 15.5. The second kappa shape index (κ2) is 6.56. The van der Waals surface area contributed by atoms with Crippen LogP contribution in [0.3, 0.4) is 0 Å². The molecule has 1 aliphatic carbocycles. The molecule has 0 aromatic carbocycles. The number of aromatic nitrogens is 3. The van der Waals surface area contributed by atoms with Gasteiger partial charge in [0, 0.05) is 12.0 Å². The molecule has 6 nitrogen and oxygen atoms in total. The van der Waals surface area contributed by atoms with Crippen molar-refractivity contribution in [3.05, 3.63) is 30.0 Å². The minimum atomic E-state index is -0.0346. The van der Waals surface area contributed by atoms with Crippen molar-refractivity contribution in [2.24, 2.45) is 0 Å². The van der Waals surface area contributed by atoms with Crippen molar-refractivity contribution in [3.8, 4) is 0 Å². The first-order valence-electron chi connectivity index (χ1n) is 7.52. The van der Waals surface area contributed by atoms with Gasteiger partial charge in [-0.1, -0.05) is 11.8 Å². The van der Waals surface area contributed by atoms with Gasteiger partial charge in [-0.25, -0.2) is 0 Å². The zero-order valence-corrected chi connectivity index (χ0v) is 13.6. The highest BCUT2D eigenvalue weighted by Crippen LogP contribution is 2.41. The van der Waals surface area contributed by atoms with Crippen LogP contribution in [0.15, 0.2) is 28.0 Å². The number of rotatable bonds is 7. The summed E-state index contributed by atoms with van der Waals surface area (Å²) in [7, 11) is 0. The van der Waals surface area contributed by atoms with Crippen molar-refractivity contribution in [1.29, 1.82) is 0 Å². The maximum Gasteiger partial charge on any atom is 0.230 e. The highest BCUT2D eigenvalue weighted by molar-refractivity contribution is 7.99. The number of hydrogen-bond donors (Lipinski definition) is 1. The first kappa shape index (κ1) is 15.1. The average Bonchev–Trinajstić information content (AvgIpc) is 3.04. The molecule has 22 heavy (non-hydrogen) atoms. The summed E-state index contributed by atoms with van der Waals surface area (Å²) in [6.07, 6.45) is 3.99. The molecule has 3 rings (SSSR count). The fourth-order valence-corrected chi connectivity index (χ4v) is 3.18. The van der Waals surface area contributed by atoms with Crippen molar-refractivity contribution in [1.82, 2.24) is 20.1 Å². The predicted octanol–water partition coefficient (Wildman–Crippen LogP) is 2.74. The summed E-state index contributed by atoms with van der Waals surface area (Å²) < 4.78 is 7.34. The van der Waals surface area contributed by atoms with E-state index in [1.165, 1.54) is 24.6 Å². The number of carbonyl (C=O) groups excluding carboxylic acids is 1. The van der Waals surface area contributed by atoms with E-state index in [2.05, 4.69) is 33.9 Å². The molecule has 2 aromatic heterocycles. The van der Waals surface area contributed by atoms with Gasteiger partial charge in [0.1, 0.15) is 11.6 Å². The van der Waals surface area contributed by atoms with Crippen LogP contribution in [0.25, 0.3) is 0 Å². The molecule has 0 bridgehead atoms. The number of hydrogen-bond acceptors (Lipinski definition) is 5. The van der Waals surface area contributed by atoms with Crippen LogP contribution in [0.2, 0.25) is 0 Å². The maximum atomic E-state index is 11.9. The summed E-state index contributed by atoms with van der Waals surface area (Å²) >= 11 is 1.43. The van der Waals surface area contributed by atoms with Gasteiger partial charge in [0.25, 0.3) is 0 Å². The molecule has 118 valence electrons. The molecule has 1 N–H and O–H groups in total. The normalized spacial score (nSPS) is 14.5. The van der Waals surface area contributed by atoms with E-state index < -0.39 is 0 Å². The van der Waals surface area contributed by atoms with Gasteiger partial charge < -0.3 is 14.3 Å². The van der Waals surface area contributed by atoms with E-state index >= 15 is 0 Å². The molecule has 1 amide bonds. The standard InChI is InChI=1S/C15H20N4O2S/c1-10(2)19-14(11-5-6-11)17-18-15(19)22-9-13(20)16-8-12-4-3-7-21-12/h3-4,7,10-11H,5-6,8-9H2,1-2H3,(H,16,20). The van der Waals surface area contributed by atoms with Gasteiger partial charge in [-0.3, -0.25) is 4.79 Å². The molecule has 1 aliphatic rings. The van der Waals surface area contributed by atoms with Crippen LogP contribution in [-0.4, -0.2) is 26.4 Å². The minimum Gasteiger partial charge on any atom is -0.467 e. The first-order valence-corrected chi connectivity index (χ1v) is 8.50. The van der Waals surface area contributed by atoms with Crippen molar-refractivity contribution in [2.45, 2.75) is 50.4 Å².